The first-order valence-electron chi connectivity index (χ1n) is 8.28. The van der Waals surface area contributed by atoms with E-state index in [0.29, 0.717) is 12.2 Å². The average molecular weight is 322 g/mol. The van der Waals surface area contributed by atoms with E-state index in [9.17, 15) is 0 Å². The molecule has 0 bridgehead atoms. The molecule has 126 valence electrons. The van der Waals surface area contributed by atoms with Crippen LogP contribution in [0.5, 0.6) is 0 Å². The van der Waals surface area contributed by atoms with Gasteiger partial charge in [0, 0.05) is 43.6 Å². The largest absolute Gasteiger partial charge is 0.328 e. The third-order valence-electron chi connectivity index (χ3n) is 4.38. The summed E-state index contributed by atoms with van der Waals surface area (Å²) in [6.07, 6.45) is 3.64. The lowest BCUT2D eigenvalue weighted by Gasteiger charge is -2.21. The Labute approximate surface area is 144 Å². The molecule has 2 aromatic rings. The monoisotopic (exact) mass is 322 g/mol. The number of aryl methyl sites for hydroxylation is 1. The minimum absolute atomic E-state index is 0.652. The van der Waals surface area contributed by atoms with Crippen LogP contribution in [0.4, 0.5) is 0 Å². The fraction of sp³-hybridized carbons (Fsp3) is 0.350. The fourth-order valence-electron chi connectivity index (χ4n) is 2.91. The second kappa shape index (κ2) is 8.49. The van der Waals surface area contributed by atoms with Crippen LogP contribution in [0.1, 0.15) is 16.8 Å². The SMILES string of the molecule is C=CCn1c(C#N)cc2c(C)c(C=C)ccc21.CN1CCNCC1. The van der Waals surface area contributed by atoms with Gasteiger partial charge in [-0.2, -0.15) is 5.26 Å². The van der Waals surface area contributed by atoms with Gasteiger partial charge in [0.05, 0.1) is 0 Å². The summed E-state index contributed by atoms with van der Waals surface area (Å²) in [5, 5.41) is 13.5. The van der Waals surface area contributed by atoms with Gasteiger partial charge in [0.2, 0.25) is 0 Å². The molecule has 4 nitrogen and oxygen atoms in total. The molecule has 1 fully saturated rings. The van der Waals surface area contributed by atoms with Crippen molar-refractivity contribution in [3.63, 3.8) is 0 Å². The number of fused-ring (bicyclic) bond motifs is 1. The normalized spacial score (nSPS) is 14.5. The first kappa shape index (κ1) is 18.0. The number of nitrogens with one attached hydrogen (secondary N) is 1. The molecule has 1 aliphatic heterocycles. The predicted octanol–water partition coefficient (Wildman–Crippen LogP) is 3.17. The zero-order valence-corrected chi connectivity index (χ0v) is 14.7. The molecule has 0 unspecified atom stereocenters. The Morgan fingerprint density at radius 2 is 2.00 bits per heavy atom. The minimum atomic E-state index is 0.652. The second-order valence-electron chi connectivity index (χ2n) is 6.01. The van der Waals surface area contributed by atoms with Gasteiger partial charge in [-0.1, -0.05) is 24.8 Å². The van der Waals surface area contributed by atoms with E-state index in [1.807, 2.05) is 28.8 Å². The van der Waals surface area contributed by atoms with Gasteiger partial charge in [0.1, 0.15) is 11.8 Å². The summed E-state index contributed by atoms with van der Waals surface area (Å²) in [7, 11) is 2.15. The lowest BCUT2D eigenvalue weighted by molar-refractivity contribution is 0.291. The van der Waals surface area contributed by atoms with Gasteiger partial charge < -0.3 is 14.8 Å². The van der Waals surface area contributed by atoms with Crippen molar-refractivity contribution in [1.29, 1.82) is 5.26 Å². The molecule has 0 spiro atoms. The molecule has 3 rings (SSSR count). The van der Waals surface area contributed by atoms with E-state index in [2.05, 4.69) is 43.4 Å². The van der Waals surface area contributed by atoms with Gasteiger partial charge >= 0.3 is 0 Å². The Hall–Kier alpha value is -2.35. The highest BCUT2D eigenvalue weighted by atomic mass is 15.2. The maximum absolute atomic E-state index is 9.14. The molecular formula is C20H26N4. The number of allylic oxidation sites excluding steroid dienone is 1. The number of rotatable bonds is 3. The fourth-order valence-corrected chi connectivity index (χ4v) is 2.91. The number of aromatic nitrogens is 1. The molecule has 0 radical (unpaired) electrons. The standard InChI is InChI=1S/C15H14N2.C5H12N2/c1-4-8-17-13(10-16)9-14-11(3)12(5-2)6-7-15(14)17;1-7-4-2-6-3-5-7/h4-7,9H,1-2,8H2,3H3;6H,2-5H2,1H3. The van der Waals surface area contributed by atoms with Gasteiger partial charge in [0.15, 0.2) is 0 Å². The summed E-state index contributed by atoms with van der Waals surface area (Å²) >= 11 is 0. The van der Waals surface area contributed by atoms with Gasteiger partial charge in [-0.25, -0.2) is 0 Å². The number of benzene rings is 1. The predicted molar refractivity (Wildman–Crippen MR) is 102 cm³/mol. The number of nitriles is 1. The first-order chi connectivity index (χ1) is 11.6. The topological polar surface area (TPSA) is 44.0 Å². The van der Waals surface area contributed by atoms with E-state index in [1.54, 1.807) is 6.08 Å². The summed E-state index contributed by atoms with van der Waals surface area (Å²) in [5.41, 5.74) is 4.02. The third-order valence-corrected chi connectivity index (χ3v) is 4.38. The molecule has 0 aliphatic carbocycles. The van der Waals surface area contributed by atoms with Gasteiger partial charge in [-0.15, -0.1) is 6.58 Å². The van der Waals surface area contributed by atoms with Crippen molar-refractivity contribution in [3.05, 3.63) is 54.3 Å². The number of hydrogen-bond acceptors (Lipinski definition) is 3. The molecule has 0 saturated carbocycles. The van der Waals surface area contributed by atoms with Crippen molar-refractivity contribution in [2.75, 3.05) is 33.2 Å². The summed E-state index contributed by atoms with van der Waals surface area (Å²) in [5.74, 6) is 0. The molecule has 2 heterocycles. The van der Waals surface area contributed by atoms with Crippen molar-refractivity contribution in [1.82, 2.24) is 14.8 Å². The number of hydrogen-bond donors (Lipinski definition) is 1. The second-order valence-corrected chi connectivity index (χ2v) is 6.01. The van der Waals surface area contributed by atoms with Crippen LogP contribution >= 0.6 is 0 Å². The van der Waals surface area contributed by atoms with Gasteiger partial charge in [-0.3, -0.25) is 0 Å². The highest BCUT2D eigenvalue weighted by Crippen LogP contribution is 2.26. The molecule has 1 aromatic heterocycles. The van der Waals surface area contributed by atoms with Crippen molar-refractivity contribution >= 4 is 17.0 Å². The van der Waals surface area contributed by atoms with Crippen molar-refractivity contribution in [2.45, 2.75) is 13.5 Å². The van der Waals surface area contributed by atoms with Crippen LogP contribution in [0.3, 0.4) is 0 Å². The molecule has 1 aliphatic rings. The van der Waals surface area contributed by atoms with Crippen LogP contribution in [0, 0.1) is 18.3 Å². The van der Waals surface area contributed by atoms with Crippen LogP contribution in [0.15, 0.2) is 37.4 Å². The molecule has 0 atom stereocenters. The molecular weight excluding hydrogens is 296 g/mol. The Morgan fingerprint density at radius 3 is 2.50 bits per heavy atom. The van der Waals surface area contributed by atoms with E-state index in [0.717, 1.165) is 35.1 Å². The highest BCUT2D eigenvalue weighted by Gasteiger charge is 2.10. The van der Waals surface area contributed by atoms with Crippen molar-refractivity contribution in [3.8, 4) is 6.07 Å². The smallest absolute Gasteiger partial charge is 0.121 e. The van der Waals surface area contributed by atoms with Gasteiger partial charge in [-0.05, 0) is 37.2 Å². The lowest BCUT2D eigenvalue weighted by Crippen LogP contribution is -2.40. The number of nitrogens with zero attached hydrogens (tertiary/aromatic N) is 3. The highest BCUT2D eigenvalue weighted by molar-refractivity contribution is 5.88. The molecule has 1 aromatic carbocycles. The number of piperazine rings is 1. The van der Waals surface area contributed by atoms with Crippen LogP contribution in [-0.2, 0) is 6.54 Å². The summed E-state index contributed by atoms with van der Waals surface area (Å²) in [6.45, 7) is 15.0. The summed E-state index contributed by atoms with van der Waals surface area (Å²) < 4.78 is 1.97. The van der Waals surface area contributed by atoms with Crippen LogP contribution in [0.2, 0.25) is 0 Å². The van der Waals surface area contributed by atoms with Gasteiger partial charge in [0.25, 0.3) is 0 Å². The van der Waals surface area contributed by atoms with Crippen molar-refractivity contribution < 1.29 is 0 Å². The Bertz CT molecular complexity index is 758. The minimum Gasteiger partial charge on any atom is -0.328 e. The molecule has 24 heavy (non-hydrogen) atoms. The zero-order chi connectivity index (χ0) is 17.5. The molecule has 1 saturated heterocycles. The lowest BCUT2D eigenvalue weighted by atomic mass is 10.0. The van der Waals surface area contributed by atoms with E-state index in [4.69, 9.17) is 5.26 Å². The maximum atomic E-state index is 9.14. The maximum Gasteiger partial charge on any atom is 0.121 e. The van der Waals surface area contributed by atoms with E-state index >= 15 is 0 Å². The van der Waals surface area contributed by atoms with Crippen LogP contribution < -0.4 is 5.32 Å². The molecule has 1 N–H and O–H groups in total. The molecule has 4 heteroatoms. The van der Waals surface area contributed by atoms with Crippen LogP contribution in [0.25, 0.3) is 17.0 Å². The Kier molecular flexibility index (Phi) is 6.36. The third kappa shape index (κ3) is 3.94. The van der Waals surface area contributed by atoms with Crippen LogP contribution in [-0.4, -0.2) is 42.7 Å². The Morgan fingerprint density at radius 1 is 1.29 bits per heavy atom. The summed E-state index contributed by atoms with van der Waals surface area (Å²) in [4.78, 5) is 2.33. The quantitative estimate of drug-likeness (QED) is 0.883. The van der Waals surface area contributed by atoms with E-state index in [-0.39, 0.29) is 0 Å². The number of likely N-dealkylation sites (N-methyl/N-ethyl adjacent to an activating group) is 1. The first-order valence-corrected chi connectivity index (χ1v) is 8.28. The summed E-state index contributed by atoms with van der Waals surface area (Å²) in [6, 6.07) is 8.22. The zero-order valence-electron chi connectivity index (χ0n) is 14.7. The van der Waals surface area contributed by atoms with E-state index < -0.39 is 0 Å². The average Bonchev–Trinajstić information content (AvgIpc) is 2.96. The van der Waals surface area contributed by atoms with E-state index in [1.165, 1.54) is 13.1 Å². The Balaban J connectivity index is 0.000000249. The van der Waals surface area contributed by atoms with Crippen molar-refractivity contribution in [2.24, 2.45) is 0 Å². The molecule has 0 amide bonds.